The average Bonchev–Trinajstić information content (AvgIpc) is 3.32. The van der Waals surface area contributed by atoms with Crippen LogP contribution in [0.4, 0.5) is 4.39 Å². The molecule has 1 aromatic heterocycles. The number of benzene rings is 2. The van der Waals surface area contributed by atoms with E-state index < -0.39 is 0 Å². The molecule has 0 unspecified atom stereocenters. The predicted octanol–water partition coefficient (Wildman–Crippen LogP) is 4.79. The number of aromatic nitrogens is 1. The van der Waals surface area contributed by atoms with E-state index in [0.717, 1.165) is 41.3 Å². The number of nitrogens with zero attached hydrogens (tertiary/aromatic N) is 1. The van der Waals surface area contributed by atoms with E-state index in [0.29, 0.717) is 18.2 Å². The average molecular weight is 361 g/mol. The summed E-state index contributed by atoms with van der Waals surface area (Å²) in [6, 6.07) is 14.2. The zero-order chi connectivity index (χ0) is 18.8. The maximum Gasteiger partial charge on any atom is 0.267 e. The summed E-state index contributed by atoms with van der Waals surface area (Å²) in [6.45, 7) is 7.72. The Morgan fingerprint density at radius 2 is 1.93 bits per heavy atom. The van der Waals surface area contributed by atoms with Gasteiger partial charge in [0.05, 0.1) is 0 Å². The minimum absolute atomic E-state index is 0.116. The molecule has 2 atom stereocenters. The number of hydrogen-bond donors (Lipinski definition) is 2. The molecule has 2 N–H and O–H groups in total. The van der Waals surface area contributed by atoms with E-state index >= 15 is 0 Å². The third-order valence-electron chi connectivity index (χ3n) is 5.29. The van der Waals surface area contributed by atoms with Gasteiger partial charge in [-0.1, -0.05) is 24.3 Å². The molecule has 3 aromatic rings. The van der Waals surface area contributed by atoms with Crippen LogP contribution in [0.25, 0.3) is 26.9 Å². The lowest BCUT2D eigenvalue weighted by Gasteiger charge is -2.09. The fraction of sp³-hybridized carbons (Fsp3) is 0.273. The molecule has 1 fully saturated rings. The van der Waals surface area contributed by atoms with Crippen molar-refractivity contribution < 1.29 is 9.18 Å². The monoisotopic (exact) mass is 361 g/mol. The summed E-state index contributed by atoms with van der Waals surface area (Å²) in [5, 5.41) is 3.94. The maximum absolute atomic E-state index is 13.1. The molecule has 0 spiro atoms. The van der Waals surface area contributed by atoms with Crippen LogP contribution in [0.3, 0.4) is 0 Å². The molecule has 4 rings (SSSR count). The lowest BCUT2D eigenvalue weighted by atomic mass is 10.0. The third-order valence-corrected chi connectivity index (χ3v) is 5.29. The van der Waals surface area contributed by atoms with Crippen molar-refractivity contribution in [1.29, 1.82) is 0 Å². The van der Waals surface area contributed by atoms with Crippen molar-refractivity contribution in [2.24, 2.45) is 5.92 Å². The third kappa shape index (κ3) is 3.70. The molecule has 1 aliphatic carbocycles. The standard InChI is InChI=1S/C22H20FN3O/c1-24-19-9-2-14(10-19)13-25-22(27)21-12-17-4-3-16(11-20(17)26-21)15-5-7-18(23)8-6-15/h3-8,11-12,14,19,26H,2,9-10,13H2,(H,25,27)/t14-,19-/m0/s1. The van der Waals surface area contributed by atoms with Gasteiger partial charge in [0.25, 0.3) is 5.91 Å². The maximum atomic E-state index is 13.1. The number of rotatable bonds is 4. The van der Waals surface area contributed by atoms with Gasteiger partial charge in [0.15, 0.2) is 0 Å². The lowest BCUT2D eigenvalue weighted by molar-refractivity contribution is 0.0943. The van der Waals surface area contributed by atoms with Gasteiger partial charge < -0.3 is 15.1 Å². The first-order valence-corrected chi connectivity index (χ1v) is 9.16. The second-order valence-electron chi connectivity index (χ2n) is 7.16. The van der Waals surface area contributed by atoms with E-state index in [9.17, 15) is 9.18 Å². The first kappa shape index (κ1) is 17.3. The molecule has 5 heteroatoms. The molecule has 1 amide bonds. The number of fused-ring (bicyclic) bond motifs is 1. The highest BCUT2D eigenvalue weighted by Gasteiger charge is 2.28. The Bertz CT molecular complexity index is 1020. The summed E-state index contributed by atoms with van der Waals surface area (Å²) in [4.78, 5) is 19.2. The minimum atomic E-state index is -0.261. The van der Waals surface area contributed by atoms with Crippen LogP contribution < -0.4 is 5.32 Å². The topological polar surface area (TPSA) is 49.2 Å². The zero-order valence-electron chi connectivity index (χ0n) is 14.8. The van der Waals surface area contributed by atoms with Crippen molar-refractivity contribution in [2.75, 3.05) is 6.54 Å². The molecular weight excluding hydrogens is 341 g/mol. The molecule has 1 aliphatic rings. The van der Waals surface area contributed by atoms with Gasteiger partial charge in [-0.25, -0.2) is 11.0 Å². The van der Waals surface area contributed by atoms with E-state index in [1.165, 1.54) is 12.1 Å². The fourth-order valence-corrected chi connectivity index (χ4v) is 3.75. The number of amides is 1. The summed E-state index contributed by atoms with van der Waals surface area (Å²) >= 11 is 0. The Hall–Kier alpha value is -3.13. The number of carbonyl (C=O) groups is 1. The van der Waals surface area contributed by atoms with Crippen LogP contribution in [-0.2, 0) is 0 Å². The summed E-state index contributed by atoms with van der Waals surface area (Å²) in [7, 11) is 0. The number of hydrogen-bond acceptors (Lipinski definition) is 1. The van der Waals surface area contributed by atoms with E-state index in [4.69, 9.17) is 6.57 Å². The summed E-state index contributed by atoms with van der Waals surface area (Å²) in [5.41, 5.74) is 3.29. The largest absolute Gasteiger partial charge is 0.351 e. The van der Waals surface area contributed by atoms with Crippen molar-refractivity contribution in [2.45, 2.75) is 25.3 Å². The first-order chi connectivity index (χ1) is 13.1. The smallest absolute Gasteiger partial charge is 0.267 e. The lowest BCUT2D eigenvalue weighted by Crippen LogP contribution is -2.28. The van der Waals surface area contributed by atoms with Crippen LogP contribution in [0.1, 0.15) is 29.8 Å². The van der Waals surface area contributed by atoms with Gasteiger partial charge in [0.1, 0.15) is 11.5 Å². The molecule has 0 aliphatic heterocycles. The summed E-state index contributed by atoms with van der Waals surface area (Å²) in [5.74, 6) is 0.00643. The van der Waals surface area contributed by atoms with Crippen LogP contribution in [-0.4, -0.2) is 23.5 Å². The van der Waals surface area contributed by atoms with E-state index in [1.807, 2.05) is 24.3 Å². The highest BCUT2D eigenvalue weighted by molar-refractivity contribution is 5.98. The number of aromatic amines is 1. The Balaban J connectivity index is 1.47. The van der Waals surface area contributed by atoms with Gasteiger partial charge in [-0.15, -0.1) is 0 Å². The predicted molar refractivity (Wildman–Crippen MR) is 104 cm³/mol. The van der Waals surface area contributed by atoms with Crippen LogP contribution in [0.5, 0.6) is 0 Å². The van der Waals surface area contributed by atoms with Gasteiger partial charge >= 0.3 is 0 Å². The van der Waals surface area contributed by atoms with Crippen molar-refractivity contribution in [3.63, 3.8) is 0 Å². The first-order valence-electron chi connectivity index (χ1n) is 9.16. The van der Waals surface area contributed by atoms with Crippen LogP contribution in [0.15, 0.2) is 48.5 Å². The van der Waals surface area contributed by atoms with Gasteiger partial charge in [-0.3, -0.25) is 4.79 Å². The molecule has 2 aromatic carbocycles. The van der Waals surface area contributed by atoms with E-state index in [2.05, 4.69) is 15.1 Å². The minimum Gasteiger partial charge on any atom is -0.351 e. The van der Waals surface area contributed by atoms with Gasteiger partial charge in [-0.05, 0) is 47.7 Å². The molecule has 1 heterocycles. The molecular formula is C22H20FN3O. The highest BCUT2D eigenvalue weighted by atomic mass is 19.1. The SMILES string of the molecule is [C-]#[N+][C@H]1CC[C@H](CNC(=O)c2cc3ccc(-c4ccc(F)cc4)cc3[nH]2)C1. The molecule has 0 radical (unpaired) electrons. The number of halogens is 1. The Labute approximate surface area is 157 Å². The van der Waals surface area contributed by atoms with E-state index in [-0.39, 0.29) is 17.8 Å². The van der Waals surface area contributed by atoms with Gasteiger partial charge in [0, 0.05) is 30.3 Å². The van der Waals surface area contributed by atoms with Crippen LogP contribution in [0.2, 0.25) is 0 Å². The Kier molecular flexibility index (Phi) is 4.64. The molecule has 4 nitrogen and oxygen atoms in total. The zero-order valence-corrected chi connectivity index (χ0v) is 14.8. The molecule has 0 bridgehead atoms. The molecule has 1 saturated carbocycles. The van der Waals surface area contributed by atoms with Crippen molar-refractivity contribution in [3.05, 3.63) is 71.5 Å². The van der Waals surface area contributed by atoms with Crippen LogP contribution in [0, 0.1) is 18.3 Å². The van der Waals surface area contributed by atoms with Crippen molar-refractivity contribution in [3.8, 4) is 11.1 Å². The Morgan fingerprint density at radius 3 is 2.67 bits per heavy atom. The molecule has 136 valence electrons. The fourth-order valence-electron chi connectivity index (χ4n) is 3.75. The highest BCUT2D eigenvalue weighted by Crippen LogP contribution is 2.28. The number of nitrogens with one attached hydrogen (secondary N) is 2. The number of H-pyrrole nitrogens is 1. The number of carbonyl (C=O) groups excluding carboxylic acids is 1. The van der Waals surface area contributed by atoms with Crippen molar-refractivity contribution >= 4 is 16.8 Å². The quantitative estimate of drug-likeness (QED) is 0.645. The van der Waals surface area contributed by atoms with Crippen LogP contribution >= 0.6 is 0 Å². The molecule has 27 heavy (non-hydrogen) atoms. The van der Waals surface area contributed by atoms with Gasteiger partial charge in [0.2, 0.25) is 6.04 Å². The van der Waals surface area contributed by atoms with E-state index in [1.54, 1.807) is 12.1 Å². The summed E-state index contributed by atoms with van der Waals surface area (Å²) in [6.07, 6.45) is 2.81. The second-order valence-corrected chi connectivity index (χ2v) is 7.16. The van der Waals surface area contributed by atoms with Gasteiger partial charge in [-0.2, -0.15) is 0 Å². The normalized spacial score (nSPS) is 19.1. The summed E-state index contributed by atoms with van der Waals surface area (Å²) < 4.78 is 13.1. The second kappa shape index (κ2) is 7.24. The molecule has 0 saturated heterocycles. The van der Waals surface area contributed by atoms with Crippen molar-refractivity contribution in [1.82, 2.24) is 10.3 Å². The Morgan fingerprint density at radius 1 is 1.15 bits per heavy atom.